The van der Waals surface area contributed by atoms with Crippen LogP contribution in [0.25, 0.3) is 0 Å². The van der Waals surface area contributed by atoms with Crippen LogP contribution in [0, 0.1) is 6.92 Å². The molecule has 6 nitrogen and oxygen atoms in total. The maximum atomic E-state index is 12.4. The molecule has 2 rings (SSSR count). The van der Waals surface area contributed by atoms with Crippen LogP contribution in [0.2, 0.25) is 0 Å². The lowest BCUT2D eigenvalue weighted by Crippen LogP contribution is -2.18. The highest BCUT2D eigenvalue weighted by atomic mass is 32.2. The predicted octanol–water partition coefficient (Wildman–Crippen LogP) is 1.98. The average Bonchev–Trinajstić information content (AvgIpc) is 2.48. The molecule has 1 aromatic carbocycles. The Kier molecular flexibility index (Phi) is 4.23. The van der Waals surface area contributed by atoms with Crippen molar-refractivity contribution in [2.75, 3.05) is 11.8 Å². The molecular weight excluding hydrogens is 292 g/mol. The van der Waals surface area contributed by atoms with Gasteiger partial charge >= 0.3 is 5.97 Å². The molecule has 0 atom stereocenters. The number of rotatable bonds is 4. The lowest BCUT2D eigenvalue weighted by Gasteiger charge is -2.10. The standard InChI is InChI=1S/C14H14N2O4S/c1-10-7-8-13(15-9-10)16-21(18,19)12-6-4-3-5-11(12)14(17)20-2/h3-9H,1-2H3,(H,15,16). The fraction of sp³-hybridized carbons (Fsp3) is 0.143. The van der Waals surface area contributed by atoms with E-state index in [1.807, 2.05) is 6.92 Å². The first kappa shape index (κ1) is 15.0. The number of hydrogen-bond acceptors (Lipinski definition) is 5. The summed E-state index contributed by atoms with van der Waals surface area (Å²) in [4.78, 5) is 15.5. The van der Waals surface area contributed by atoms with Gasteiger partial charge in [0.05, 0.1) is 12.7 Å². The van der Waals surface area contributed by atoms with E-state index in [4.69, 9.17) is 0 Å². The molecule has 0 unspecified atom stereocenters. The van der Waals surface area contributed by atoms with Gasteiger partial charge in [-0.2, -0.15) is 0 Å². The zero-order valence-electron chi connectivity index (χ0n) is 11.5. The summed E-state index contributed by atoms with van der Waals surface area (Å²) in [6.07, 6.45) is 1.55. The zero-order valence-corrected chi connectivity index (χ0v) is 12.3. The number of ether oxygens (including phenoxy) is 1. The molecule has 0 bridgehead atoms. The van der Waals surface area contributed by atoms with Gasteiger partial charge in [-0.1, -0.05) is 18.2 Å². The summed E-state index contributed by atoms with van der Waals surface area (Å²) in [5.41, 5.74) is 0.882. The second kappa shape index (κ2) is 5.92. The number of benzene rings is 1. The molecule has 0 saturated heterocycles. The fourth-order valence-corrected chi connectivity index (χ4v) is 2.91. The van der Waals surface area contributed by atoms with Crippen LogP contribution in [0.15, 0.2) is 47.5 Å². The predicted molar refractivity (Wildman–Crippen MR) is 77.6 cm³/mol. The Bertz CT molecular complexity index is 755. The summed E-state index contributed by atoms with van der Waals surface area (Å²) in [6, 6.07) is 9.11. The van der Waals surface area contributed by atoms with Crippen LogP contribution in [0.4, 0.5) is 5.82 Å². The van der Waals surface area contributed by atoms with E-state index in [1.54, 1.807) is 24.4 Å². The van der Waals surface area contributed by atoms with Crippen molar-refractivity contribution in [1.29, 1.82) is 0 Å². The van der Waals surface area contributed by atoms with Crippen molar-refractivity contribution < 1.29 is 17.9 Å². The third-order valence-corrected chi connectivity index (χ3v) is 4.15. The first-order valence-electron chi connectivity index (χ1n) is 6.07. The topological polar surface area (TPSA) is 85.4 Å². The number of carbonyl (C=O) groups excluding carboxylic acids is 1. The molecule has 0 spiro atoms. The van der Waals surface area contributed by atoms with E-state index < -0.39 is 16.0 Å². The van der Waals surface area contributed by atoms with Crippen LogP contribution in [-0.2, 0) is 14.8 Å². The average molecular weight is 306 g/mol. The molecule has 21 heavy (non-hydrogen) atoms. The lowest BCUT2D eigenvalue weighted by molar-refractivity contribution is 0.0596. The monoisotopic (exact) mass is 306 g/mol. The smallest absolute Gasteiger partial charge is 0.339 e. The summed E-state index contributed by atoms with van der Waals surface area (Å²) in [5.74, 6) is -0.534. The van der Waals surface area contributed by atoms with E-state index in [0.717, 1.165) is 5.56 Å². The van der Waals surface area contributed by atoms with Gasteiger partial charge in [0.25, 0.3) is 10.0 Å². The van der Waals surface area contributed by atoms with Crippen LogP contribution in [0.5, 0.6) is 0 Å². The van der Waals surface area contributed by atoms with Gasteiger partial charge in [-0.15, -0.1) is 0 Å². The minimum Gasteiger partial charge on any atom is -0.465 e. The maximum absolute atomic E-state index is 12.4. The quantitative estimate of drug-likeness (QED) is 0.873. The van der Waals surface area contributed by atoms with E-state index >= 15 is 0 Å². The second-order valence-electron chi connectivity index (χ2n) is 4.31. The Morgan fingerprint density at radius 1 is 1.19 bits per heavy atom. The summed E-state index contributed by atoms with van der Waals surface area (Å²) >= 11 is 0. The molecule has 0 aliphatic carbocycles. The van der Waals surface area contributed by atoms with E-state index in [2.05, 4.69) is 14.4 Å². The number of esters is 1. The van der Waals surface area contributed by atoms with Crippen LogP contribution in [-0.4, -0.2) is 26.5 Å². The minimum atomic E-state index is -3.93. The van der Waals surface area contributed by atoms with Crippen LogP contribution in [0.1, 0.15) is 15.9 Å². The molecule has 0 amide bonds. The van der Waals surface area contributed by atoms with E-state index in [9.17, 15) is 13.2 Å². The minimum absolute atomic E-state index is 0.0281. The van der Waals surface area contributed by atoms with Crippen molar-refractivity contribution in [2.45, 2.75) is 11.8 Å². The Balaban J connectivity index is 2.40. The third kappa shape index (κ3) is 3.38. The first-order valence-corrected chi connectivity index (χ1v) is 7.55. The van der Waals surface area contributed by atoms with Gasteiger partial charge in [-0.05, 0) is 30.7 Å². The summed E-state index contributed by atoms with van der Waals surface area (Å²) in [5, 5.41) is 0. The SMILES string of the molecule is COC(=O)c1ccccc1S(=O)(=O)Nc1ccc(C)cn1. The van der Waals surface area contributed by atoms with Gasteiger partial charge in [-0.3, -0.25) is 4.72 Å². The number of aryl methyl sites for hydroxylation is 1. The highest BCUT2D eigenvalue weighted by Crippen LogP contribution is 2.19. The zero-order chi connectivity index (χ0) is 15.5. The van der Waals surface area contributed by atoms with E-state index in [0.29, 0.717) is 0 Å². The van der Waals surface area contributed by atoms with Gasteiger partial charge in [-0.25, -0.2) is 18.2 Å². The second-order valence-corrected chi connectivity index (χ2v) is 5.96. The van der Waals surface area contributed by atoms with Crippen molar-refractivity contribution in [3.63, 3.8) is 0 Å². The molecule has 110 valence electrons. The number of nitrogens with one attached hydrogen (secondary N) is 1. The van der Waals surface area contributed by atoms with E-state index in [-0.39, 0.29) is 16.3 Å². The van der Waals surface area contributed by atoms with Crippen LogP contribution < -0.4 is 4.72 Å². The van der Waals surface area contributed by atoms with Crippen molar-refractivity contribution in [1.82, 2.24) is 4.98 Å². The number of hydrogen-bond donors (Lipinski definition) is 1. The van der Waals surface area contributed by atoms with Gasteiger partial charge < -0.3 is 4.74 Å². The number of aromatic nitrogens is 1. The number of carbonyl (C=O) groups is 1. The van der Waals surface area contributed by atoms with Gasteiger partial charge in [0.2, 0.25) is 0 Å². The van der Waals surface area contributed by atoms with Crippen molar-refractivity contribution >= 4 is 21.8 Å². The van der Waals surface area contributed by atoms with Gasteiger partial charge in [0.15, 0.2) is 0 Å². The molecule has 0 aliphatic heterocycles. The highest BCUT2D eigenvalue weighted by molar-refractivity contribution is 7.92. The molecule has 2 aromatic rings. The summed E-state index contributed by atoms with van der Waals surface area (Å²) in [6.45, 7) is 1.85. The Labute approximate surface area is 122 Å². The molecule has 0 aliphatic rings. The molecule has 1 aromatic heterocycles. The number of pyridine rings is 1. The van der Waals surface area contributed by atoms with Crippen molar-refractivity contribution in [3.8, 4) is 0 Å². The number of methoxy groups -OCH3 is 1. The van der Waals surface area contributed by atoms with Crippen LogP contribution in [0.3, 0.4) is 0 Å². The fourth-order valence-electron chi connectivity index (χ4n) is 1.70. The molecule has 1 N–H and O–H groups in total. The Hall–Kier alpha value is -2.41. The third-order valence-electron chi connectivity index (χ3n) is 2.73. The van der Waals surface area contributed by atoms with Gasteiger partial charge in [0.1, 0.15) is 10.7 Å². The maximum Gasteiger partial charge on any atom is 0.339 e. The normalized spacial score (nSPS) is 11.0. The number of anilines is 1. The Morgan fingerprint density at radius 2 is 1.90 bits per heavy atom. The summed E-state index contributed by atoms with van der Waals surface area (Å²) in [7, 11) is -2.73. The van der Waals surface area contributed by atoms with Gasteiger partial charge in [0, 0.05) is 6.20 Å². The van der Waals surface area contributed by atoms with Crippen molar-refractivity contribution in [2.24, 2.45) is 0 Å². The van der Waals surface area contributed by atoms with Crippen molar-refractivity contribution in [3.05, 3.63) is 53.7 Å². The lowest BCUT2D eigenvalue weighted by atomic mass is 10.2. The molecule has 0 saturated carbocycles. The highest BCUT2D eigenvalue weighted by Gasteiger charge is 2.22. The molecule has 1 heterocycles. The molecule has 0 radical (unpaired) electrons. The molecule has 0 fully saturated rings. The first-order chi connectivity index (χ1) is 9.94. The largest absolute Gasteiger partial charge is 0.465 e. The summed E-state index contributed by atoms with van der Waals surface area (Å²) < 4.78 is 31.7. The molecule has 7 heteroatoms. The van der Waals surface area contributed by atoms with E-state index in [1.165, 1.54) is 25.3 Å². The number of nitrogens with zero attached hydrogens (tertiary/aromatic N) is 1. The van der Waals surface area contributed by atoms with Crippen LogP contribution >= 0.6 is 0 Å². The Morgan fingerprint density at radius 3 is 2.52 bits per heavy atom. The molecular formula is C14H14N2O4S. The number of sulfonamides is 1.